The number of piperidine rings is 1. The number of aromatic amines is 1. The Bertz CT molecular complexity index is 1570. The van der Waals surface area contributed by atoms with Crippen LogP contribution in [0.5, 0.6) is 0 Å². The summed E-state index contributed by atoms with van der Waals surface area (Å²) < 4.78 is 7.66. The number of nitrogens with zero attached hydrogens (tertiary/aromatic N) is 5. The van der Waals surface area contributed by atoms with Crippen LogP contribution in [0.15, 0.2) is 71.3 Å². The first-order valence-electron chi connectivity index (χ1n) is 13.1. The molecule has 4 aromatic heterocycles. The zero-order valence-corrected chi connectivity index (χ0v) is 20.8. The number of hydrogen-bond acceptors (Lipinski definition) is 7. The molecule has 192 valence electrons. The SMILES string of the molecule is O=C(NC1CCN(c2nc(Nc3cc(C4CC4)n[nH]3)c3cccn3n2)CC1)c1ccc(-c2ccccc2)o1. The smallest absolute Gasteiger partial charge is 0.287 e. The number of carbonyl (C=O) groups excluding carboxylic acids is 1. The number of furan rings is 1. The second kappa shape index (κ2) is 9.37. The number of carbonyl (C=O) groups is 1. The van der Waals surface area contributed by atoms with Crippen LogP contribution in [-0.4, -0.2) is 49.8 Å². The predicted molar refractivity (Wildman–Crippen MR) is 144 cm³/mol. The van der Waals surface area contributed by atoms with Crippen LogP contribution in [0.3, 0.4) is 0 Å². The summed E-state index contributed by atoms with van der Waals surface area (Å²) in [5.74, 6) is 3.62. The lowest BCUT2D eigenvalue weighted by molar-refractivity contribution is 0.0904. The van der Waals surface area contributed by atoms with Gasteiger partial charge in [0.1, 0.15) is 17.1 Å². The Morgan fingerprint density at radius 3 is 2.66 bits per heavy atom. The molecular formula is C28H28N8O2. The number of benzene rings is 1. The molecule has 0 unspecified atom stereocenters. The van der Waals surface area contributed by atoms with E-state index in [1.165, 1.54) is 12.8 Å². The first kappa shape index (κ1) is 22.6. The van der Waals surface area contributed by atoms with Crippen molar-refractivity contribution in [3.8, 4) is 11.3 Å². The van der Waals surface area contributed by atoms with Crippen LogP contribution in [-0.2, 0) is 0 Å². The van der Waals surface area contributed by atoms with Crippen molar-refractivity contribution >= 4 is 29.0 Å². The van der Waals surface area contributed by atoms with E-state index in [0.29, 0.717) is 23.4 Å². The fraction of sp³-hybridized carbons (Fsp3) is 0.286. The van der Waals surface area contributed by atoms with Gasteiger partial charge in [0.25, 0.3) is 5.91 Å². The molecular weight excluding hydrogens is 480 g/mol. The lowest BCUT2D eigenvalue weighted by Crippen LogP contribution is -2.45. The van der Waals surface area contributed by atoms with Crippen molar-refractivity contribution in [3.05, 3.63) is 78.3 Å². The molecule has 0 spiro atoms. The molecule has 1 aliphatic heterocycles. The lowest BCUT2D eigenvalue weighted by Gasteiger charge is -2.32. The fourth-order valence-electron chi connectivity index (χ4n) is 4.96. The van der Waals surface area contributed by atoms with E-state index in [0.717, 1.165) is 54.3 Å². The Morgan fingerprint density at radius 2 is 1.84 bits per heavy atom. The Balaban J connectivity index is 1.01. The minimum atomic E-state index is -0.188. The zero-order chi connectivity index (χ0) is 25.5. The van der Waals surface area contributed by atoms with Gasteiger partial charge in [-0.3, -0.25) is 9.89 Å². The quantitative estimate of drug-likeness (QED) is 0.291. The number of nitrogens with one attached hydrogen (secondary N) is 3. The topological polar surface area (TPSA) is 116 Å². The van der Waals surface area contributed by atoms with E-state index in [4.69, 9.17) is 14.5 Å². The average Bonchev–Trinajstić information content (AvgIpc) is 3.32. The van der Waals surface area contributed by atoms with Gasteiger partial charge in [-0.2, -0.15) is 10.1 Å². The van der Waals surface area contributed by atoms with Crippen molar-refractivity contribution in [2.24, 2.45) is 0 Å². The van der Waals surface area contributed by atoms with Crippen molar-refractivity contribution in [2.75, 3.05) is 23.3 Å². The highest BCUT2D eigenvalue weighted by atomic mass is 16.3. The van der Waals surface area contributed by atoms with Crippen LogP contribution in [0.1, 0.15) is 47.8 Å². The van der Waals surface area contributed by atoms with Crippen LogP contribution >= 0.6 is 0 Å². The summed E-state index contributed by atoms with van der Waals surface area (Å²) in [5.41, 5.74) is 2.94. The molecule has 38 heavy (non-hydrogen) atoms. The molecule has 1 saturated carbocycles. The van der Waals surface area contributed by atoms with Crippen molar-refractivity contribution in [3.63, 3.8) is 0 Å². The van der Waals surface area contributed by atoms with Gasteiger partial charge in [-0.05, 0) is 49.9 Å². The predicted octanol–water partition coefficient (Wildman–Crippen LogP) is 4.73. The second-order valence-corrected chi connectivity index (χ2v) is 9.97. The van der Waals surface area contributed by atoms with Gasteiger partial charge in [-0.25, -0.2) is 4.52 Å². The summed E-state index contributed by atoms with van der Waals surface area (Å²) in [6, 6.07) is 19.4. The highest BCUT2D eigenvalue weighted by Crippen LogP contribution is 2.39. The molecule has 0 radical (unpaired) electrons. The van der Waals surface area contributed by atoms with Crippen LogP contribution in [0.2, 0.25) is 0 Å². The molecule has 0 bridgehead atoms. The highest BCUT2D eigenvalue weighted by Gasteiger charge is 2.27. The van der Waals surface area contributed by atoms with Crippen LogP contribution in [0.4, 0.5) is 17.6 Å². The molecule has 2 aliphatic rings. The van der Waals surface area contributed by atoms with Gasteiger partial charge >= 0.3 is 0 Å². The van der Waals surface area contributed by atoms with Gasteiger partial charge < -0.3 is 20.0 Å². The van der Waals surface area contributed by atoms with E-state index in [9.17, 15) is 4.79 Å². The lowest BCUT2D eigenvalue weighted by atomic mass is 10.1. The molecule has 3 N–H and O–H groups in total. The number of anilines is 3. The van der Waals surface area contributed by atoms with Crippen LogP contribution < -0.4 is 15.5 Å². The number of amides is 1. The van der Waals surface area contributed by atoms with Crippen LogP contribution in [0, 0.1) is 0 Å². The summed E-state index contributed by atoms with van der Waals surface area (Å²) in [5, 5.41) is 18.8. The molecule has 10 nitrogen and oxygen atoms in total. The molecule has 5 heterocycles. The standard InChI is InChI=1S/C28H28N8O2/c37-27(24-11-10-23(38-24)19-5-2-1-3-6-19)29-20-12-15-35(16-13-20)28-31-26(22-7-4-14-36(22)34-28)30-25-17-21(32-33-25)18-8-9-18/h1-7,10-11,14,17-18,20H,8-9,12-13,15-16H2,(H,29,37)(H2,30,31,32,33,34). The maximum absolute atomic E-state index is 12.8. The maximum Gasteiger partial charge on any atom is 0.287 e. The number of H-pyrrole nitrogens is 1. The van der Waals surface area contributed by atoms with Crippen molar-refractivity contribution in [2.45, 2.75) is 37.6 Å². The molecule has 1 aliphatic carbocycles. The molecule has 10 heteroatoms. The third-order valence-electron chi connectivity index (χ3n) is 7.23. The Morgan fingerprint density at radius 1 is 1.00 bits per heavy atom. The molecule has 1 amide bonds. The third kappa shape index (κ3) is 4.49. The first-order valence-corrected chi connectivity index (χ1v) is 13.1. The van der Waals surface area contributed by atoms with Crippen molar-refractivity contribution in [1.29, 1.82) is 0 Å². The van der Waals surface area contributed by atoms with E-state index >= 15 is 0 Å². The molecule has 7 rings (SSSR count). The number of fused-ring (bicyclic) bond motifs is 1. The summed E-state index contributed by atoms with van der Waals surface area (Å²) in [4.78, 5) is 19.9. The van der Waals surface area contributed by atoms with Crippen LogP contribution in [0.25, 0.3) is 16.8 Å². The second-order valence-electron chi connectivity index (χ2n) is 9.97. The van der Waals surface area contributed by atoms with Crippen molar-refractivity contribution in [1.82, 2.24) is 30.1 Å². The Kier molecular flexibility index (Phi) is 5.57. The largest absolute Gasteiger partial charge is 0.451 e. The minimum absolute atomic E-state index is 0.0581. The average molecular weight is 509 g/mol. The Labute approximate surface area is 219 Å². The summed E-state index contributed by atoms with van der Waals surface area (Å²) >= 11 is 0. The molecule has 1 aromatic carbocycles. The van der Waals surface area contributed by atoms with Gasteiger partial charge in [-0.15, -0.1) is 5.10 Å². The third-order valence-corrected chi connectivity index (χ3v) is 7.23. The minimum Gasteiger partial charge on any atom is -0.451 e. The number of hydrogen-bond donors (Lipinski definition) is 3. The molecule has 5 aromatic rings. The van der Waals surface area contributed by atoms with E-state index in [1.54, 1.807) is 6.07 Å². The van der Waals surface area contributed by atoms with Gasteiger partial charge in [0, 0.05) is 42.9 Å². The first-order chi connectivity index (χ1) is 18.7. The van der Waals surface area contributed by atoms with Gasteiger partial charge in [0.2, 0.25) is 5.95 Å². The van der Waals surface area contributed by atoms with E-state index in [1.807, 2.05) is 59.2 Å². The van der Waals surface area contributed by atoms with Gasteiger partial charge in [0.15, 0.2) is 11.6 Å². The normalized spacial score (nSPS) is 16.2. The summed E-state index contributed by atoms with van der Waals surface area (Å²) in [7, 11) is 0. The van der Waals surface area contributed by atoms with E-state index < -0.39 is 0 Å². The molecule has 2 fully saturated rings. The molecule has 1 saturated heterocycles. The fourth-order valence-corrected chi connectivity index (χ4v) is 4.96. The Hall–Kier alpha value is -4.60. The summed E-state index contributed by atoms with van der Waals surface area (Å²) in [6.45, 7) is 1.47. The van der Waals surface area contributed by atoms with Gasteiger partial charge in [-0.1, -0.05) is 30.3 Å². The summed E-state index contributed by atoms with van der Waals surface area (Å²) in [6.07, 6.45) is 5.92. The van der Waals surface area contributed by atoms with Crippen molar-refractivity contribution < 1.29 is 9.21 Å². The maximum atomic E-state index is 12.8. The number of rotatable bonds is 7. The highest BCUT2D eigenvalue weighted by molar-refractivity contribution is 5.92. The monoisotopic (exact) mass is 508 g/mol. The van der Waals surface area contributed by atoms with E-state index in [2.05, 4.69) is 31.8 Å². The van der Waals surface area contributed by atoms with Gasteiger partial charge in [0.05, 0.1) is 5.69 Å². The molecule has 0 atom stereocenters. The zero-order valence-electron chi connectivity index (χ0n) is 20.8. The number of aromatic nitrogens is 5. The van der Waals surface area contributed by atoms with E-state index in [-0.39, 0.29) is 11.9 Å².